The predicted octanol–water partition coefficient (Wildman–Crippen LogP) is 1.71. The molecule has 0 bridgehead atoms. The van der Waals surface area contributed by atoms with Gasteiger partial charge in [0.1, 0.15) is 0 Å². The van der Waals surface area contributed by atoms with Crippen molar-refractivity contribution in [3.8, 4) is 0 Å². The van der Waals surface area contributed by atoms with Crippen LogP contribution in [0.4, 0.5) is 0 Å². The third kappa shape index (κ3) is 2.74. The molecule has 0 aliphatic heterocycles. The van der Waals surface area contributed by atoms with E-state index in [1.54, 1.807) is 20.0 Å². The SMILES string of the molecule is CCN(C)C(=O)c1ccccc1S(=O)(=O)Cl. The molecule has 0 N–H and O–H groups in total. The second-order valence-electron chi connectivity index (χ2n) is 3.25. The highest BCUT2D eigenvalue weighted by molar-refractivity contribution is 8.13. The van der Waals surface area contributed by atoms with Crippen molar-refractivity contribution in [3.05, 3.63) is 29.8 Å². The maximum atomic E-state index is 11.8. The quantitative estimate of drug-likeness (QED) is 0.779. The lowest BCUT2D eigenvalue weighted by atomic mass is 10.2. The fourth-order valence-corrected chi connectivity index (χ4v) is 2.27. The Labute approximate surface area is 99.2 Å². The van der Waals surface area contributed by atoms with Crippen LogP contribution in [0.5, 0.6) is 0 Å². The van der Waals surface area contributed by atoms with Gasteiger partial charge in [-0.2, -0.15) is 0 Å². The van der Waals surface area contributed by atoms with Gasteiger partial charge in [0.25, 0.3) is 15.0 Å². The summed E-state index contributed by atoms with van der Waals surface area (Å²) in [6, 6.07) is 5.89. The van der Waals surface area contributed by atoms with Crippen molar-refractivity contribution in [1.82, 2.24) is 4.90 Å². The number of amides is 1. The van der Waals surface area contributed by atoms with Gasteiger partial charge in [0.05, 0.1) is 10.5 Å². The standard InChI is InChI=1S/C10H12ClNO3S/c1-3-12(2)10(13)8-6-4-5-7-9(8)16(11,14)15/h4-7H,3H2,1-2H3. The number of benzene rings is 1. The average molecular weight is 262 g/mol. The minimum absolute atomic E-state index is 0.0989. The lowest BCUT2D eigenvalue weighted by Crippen LogP contribution is -2.27. The summed E-state index contributed by atoms with van der Waals surface area (Å²) in [5, 5.41) is 0. The van der Waals surface area contributed by atoms with Crippen molar-refractivity contribution < 1.29 is 13.2 Å². The van der Waals surface area contributed by atoms with Gasteiger partial charge in [0, 0.05) is 24.3 Å². The molecule has 0 aliphatic carbocycles. The number of halogens is 1. The average Bonchev–Trinajstić information content (AvgIpc) is 2.26. The molecule has 1 rings (SSSR count). The van der Waals surface area contributed by atoms with Crippen molar-refractivity contribution in [3.63, 3.8) is 0 Å². The van der Waals surface area contributed by atoms with Gasteiger partial charge >= 0.3 is 0 Å². The van der Waals surface area contributed by atoms with E-state index in [-0.39, 0.29) is 16.4 Å². The summed E-state index contributed by atoms with van der Waals surface area (Å²) in [6.45, 7) is 2.30. The summed E-state index contributed by atoms with van der Waals surface area (Å²) in [7, 11) is 2.96. The number of nitrogens with zero attached hydrogens (tertiary/aromatic N) is 1. The van der Waals surface area contributed by atoms with Gasteiger partial charge in [0.15, 0.2) is 0 Å². The Kier molecular flexibility index (Phi) is 3.93. The van der Waals surface area contributed by atoms with Crippen molar-refractivity contribution in [2.75, 3.05) is 13.6 Å². The van der Waals surface area contributed by atoms with Gasteiger partial charge in [-0.1, -0.05) is 12.1 Å². The van der Waals surface area contributed by atoms with Crippen LogP contribution >= 0.6 is 10.7 Å². The molecule has 16 heavy (non-hydrogen) atoms. The molecule has 1 amide bonds. The molecule has 0 atom stereocenters. The fraction of sp³-hybridized carbons (Fsp3) is 0.300. The smallest absolute Gasteiger partial charge is 0.262 e. The van der Waals surface area contributed by atoms with Gasteiger partial charge in [-0.05, 0) is 19.1 Å². The topological polar surface area (TPSA) is 54.5 Å². The molecule has 88 valence electrons. The molecule has 0 unspecified atom stereocenters. The summed E-state index contributed by atoms with van der Waals surface area (Å²) in [4.78, 5) is 13.1. The first kappa shape index (κ1) is 13.0. The normalized spacial score (nSPS) is 11.2. The highest BCUT2D eigenvalue weighted by Crippen LogP contribution is 2.20. The van der Waals surface area contributed by atoms with E-state index in [0.717, 1.165) is 0 Å². The number of carbonyl (C=O) groups excluding carboxylic acids is 1. The van der Waals surface area contributed by atoms with Crippen LogP contribution < -0.4 is 0 Å². The first-order chi connectivity index (χ1) is 7.38. The lowest BCUT2D eigenvalue weighted by Gasteiger charge is -2.15. The maximum Gasteiger partial charge on any atom is 0.262 e. The molecule has 0 aromatic heterocycles. The molecular weight excluding hydrogens is 250 g/mol. The highest BCUT2D eigenvalue weighted by Gasteiger charge is 2.21. The van der Waals surface area contributed by atoms with Crippen molar-refractivity contribution >= 4 is 25.6 Å². The Balaban J connectivity index is 3.30. The molecule has 0 spiro atoms. The van der Waals surface area contributed by atoms with Crippen LogP contribution in [0.15, 0.2) is 29.2 Å². The van der Waals surface area contributed by atoms with E-state index in [1.807, 2.05) is 0 Å². The zero-order chi connectivity index (χ0) is 12.3. The van der Waals surface area contributed by atoms with Crippen molar-refractivity contribution in [2.24, 2.45) is 0 Å². The molecule has 1 aromatic rings. The summed E-state index contributed by atoms with van der Waals surface area (Å²) in [5.41, 5.74) is 0.0989. The number of carbonyl (C=O) groups is 1. The van der Waals surface area contributed by atoms with Crippen molar-refractivity contribution in [2.45, 2.75) is 11.8 Å². The lowest BCUT2D eigenvalue weighted by molar-refractivity contribution is 0.0798. The van der Waals surface area contributed by atoms with Crippen LogP contribution in [0.3, 0.4) is 0 Å². The molecule has 0 radical (unpaired) electrons. The minimum atomic E-state index is -3.90. The summed E-state index contributed by atoms with van der Waals surface area (Å²) >= 11 is 0. The van der Waals surface area contributed by atoms with Gasteiger partial charge < -0.3 is 4.90 Å². The summed E-state index contributed by atoms with van der Waals surface area (Å²) in [6.07, 6.45) is 0. The van der Waals surface area contributed by atoms with E-state index in [2.05, 4.69) is 0 Å². The molecule has 0 heterocycles. The van der Waals surface area contributed by atoms with Crippen molar-refractivity contribution in [1.29, 1.82) is 0 Å². The third-order valence-corrected chi connectivity index (χ3v) is 3.58. The molecule has 0 fully saturated rings. The third-order valence-electron chi connectivity index (χ3n) is 2.20. The Bertz CT molecular complexity index is 499. The van der Waals surface area contributed by atoms with E-state index in [9.17, 15) is 13.2 Å². The van der Waals surface area contributed by atoms with E-state index < -0.39 is 9.05 Å². The number of hydrogen-bond acceptors (Lipinski definition) is 3. The summed E-state index contributed by atoms with van der Waals surface area (Å²) < 4.78 is 22.5. The van der Waals surface area contributed by atoms with Crippen LogP contribution in [-0.2, 0) is 9.05 Å². The van der Waals surface area contributed by atoms with E-state index in [1.165, 1.54) is 23.1 Å². The van der Waals surface area contributed by atoms with E-state index in [0.29, 0.717) is 6.54 Å². The zero-order valence-corrected chi connectivity index (χ0v) is 10.5. The van der Waals surface area contributed by atoms with Gasteiger partial charge in [-0.15, -0.1) is 0 Å². The monoisotopic (exact) mass is 261 g/mol. The molecule has 0 aliphatic rings. The summed E-state index contributed by atoms with van der Waals surface area (Å²) in [5.74, 6) is -0.359. The van der Waals surface area contributed by atoms with Crippen LogP contribution in [0.2, 0.25) is 0 Å². The minimum Gasteiger partial charge on any atom is -0.342 e. The Morgan fingerprint density at radius 1 is 1.38 bits per heavy atom. The Hall–Kier alpha value is -1.07. The van der Waals surface area contributed by atoms with Gasteiger partial charge in [-0.3, -0.25) is 4.79 Å². The van der Waals surface area contributed by atoms with Gasteiger partial charge in [0.2, 0.25) is 0 Å². The largest absolute Gasteiger partial charge is 0.342 e. The predicted molar refractivity (Wildman–Crippen MR) is 62.1 cm³/mol. The first-order valence-electron chi connectivity index (χ1n) is 4.67. The van der Waals surface area contributed by atoms with E-state index >= 15 is 0 Å². The fourth-order valence-electron chi connectivity index (χ4n) is 1.21. The second-order valence-corrected chi connectivity index (χ2v) is 5.79. The molecule has 6 heteroatoms. The maximum absolute atomic E-state index is 11.8. The van der Waals surface area contributed by atoms with Crippen LogP contribution in [-0.4, -0.2) is 32.8 Å². The molecule has 4 nitrogen and oxygen atoms in total. The number of hydrogen-bond donors (Lipinski definition) is 0. The Morgan fingerprint density at radius 2 is 1.94 bits per heavy atom. The zero-order valence-electron chi connectivity index (χ0n) is 8.97. The number of rotatable bonds is 3. The molecular formula is C10H12ClNO3S. The Morgan fingerprint density at radius 3 is 2.44 bits per heavy atom. The second kappa shape index (κ2) is 4.84. The highest BCUT2D eigenvalue weighted by atomic mass is 35.7. The van der Waals surface area contributed by atoms with Crippen LogP contribution in [0, 0.1) is 0 Å². The first-order valence-corrected chi connectivity index (χ1v) is 6.98. The van der Waals surface area contributed by atoms with Crippen LogP contribution in [0.25, 0.3) is 0 Å². The molecule has 0 saturated heterocycles. The van der Waals surface area contributed by atoms with Gasteiger partial charge in [-0.25, -0.2) is 8.42 Å². The molecule has 0 saturated carbocycles. The molecule has 1 aromatic carbocycles. The van der Waals surface area contributed by atoms with Crippen LogP contribution in [0.1, 0.15) is 17.3 Å². The van der Waals surface area contributed by atoms with E-state index in [4.69, 9.17) is 10.7 Å².